The van der Waals surface area contributed by atoms with E-state index in [1.165, 1.54) is 29.2 Å². The molecule has 0 atom stereocenters. The number of rotatable bonds is 4. The van der Waals surface area contributed by atoms with Gasteiger partial charge in [-0.1, -0.05) is 11.6 Å². The Bertz CT molecular complexity index is 1320. The van der Waals surface area contributed by atoms with Crippen molar-refractivity contribution >= 4 is 74.1 Å². The predicted octanol–water partition coefficient (Wildman–Crippen LogP) is 5.10. The fourth-order valence-corrected chi connectivity index (χ4v) is 3.99. The molecule has 160 valence electrons. The Morgan fingerprint density at radius 3 is 2.50 bits per heavy atom. The molecular weight excluding hydrogens is 522 g/mol. The largest absolute Gasteiger partial charge is 0.457 e. The standard InChI is InChI=1S/C21H11BrClN3O5S/c22-17-9-13(26(29)30)5-7-15(17)18-8-6-14(31-18)10-16-19(27)24-21(32)25(20(16)28)12-3-1-11(23)2-4-12/h1-10H,(H,24,27,32)/b16-10-. The average molecular weight is 533 g/mol. The van der Waals surface area contributed by atoms with Crippen LogP contribution in [0.5, 0.6) is 0 Å². The number of nitrogens with zero attached hydrogens (tertiary/aromatic N) is 2. The van der Waals surface area contributed by atoms with Crippen LogP contribution < -0.4 is 10.2 Å². The van der Waals surface area contributed by atoms with Crippen LogP contribution in [0.2, 0.25) is 5.02 Å². The summed E-state index contributed by atoms with van der Waals surface area (Å²) < 4.78 is 6.22. The van der Waals surface area contributed by atoms with Gasteiger partial charge >= 0.3 is 0 Å². The van der Waals surface area contributed by atoms with Crippen molar-refractivity contribution in [2.45, 2.75) is 0 Å². The van der Waals surface area contributed by atoms with E-state index < -0.39 is 16.7 Å². The number of nitro groups is 1. The molecule has 0 saturated carbocycles. The Morgan fingerprint density at radius 2 is 1.84 bits per heavy atom. The maximum atomic E-state index is 13.0. The topological polar surface area (TPSA) is 106 Å². The first kappa shape index (κ1) is 21.9. The predicted molar refractivity (Wildman–Crippen MR) is 126 cm³/mol. The second-order valence-corrected chi connectivity index (χ2v) is 8.24. The quantitative estimate of drug-likeness (QED) is 0.165. The maximum absolute atomic E-state index is 13.0. The van der Waals surface area contributed by atoms with Gasteiger partial charge in [-0.2, -0.15) is 0 Å². The van der Waals surface area contributed by atoms with Crippen molar-refractivity contribution in [2.24, 2.45) is 0 Å². The molecule has 1 N–H and O–H groups in total. The zero-order chi connectivity index (χ0) is 23.0. The highest BCUT2D eigenvalue weighted by Crippen LogP contribution is 2.33. The van der Waals surface area contributed by atoms with Crippen molar-refractivity contribution in [3.05, 3.63) is 85.5 Å². The summed E-state index contributed by atoms with van der Waals surface area (Å²) in [6, 6.07) is 13.9. The minimum Gasteiger partial charge on any atom is -0.457 e. The van der Waals surface area contributed by atoms with E-state index in [4.69, 9.17) is 28.2 Å². The molecule has 8 nitrogen and oxygen atoms in total. The Hall–Kier alpha value is -3.34. The molecule has 1 saturated heterocycles. The van der Waals surface area contributed by atoms with Gasteiger partial charge in [-0.3, -0.25) is 29.9 Å². The van der Waals surface area contributed by atoms with E-state index in [1.807, 2.05) is 0 Å². The third-order valence-corrected chi connectivity index (χ3v) is 5.72. The van der Waals surface area contributed by atoms with Gasteiger partial charge in [0.15, 0.2) is 5.11 Å². The number of amides is 2. The van der Waals surface area contributed by atoms with Crippen molar-refractivity contribution < 1.29 is 18.9 Å². The number of nitro benzene ring substituents is 1. The first-order valence-electron chi connectivity index (χ1n) is 8.96. The molecular formula is C21H11BrClN3O5S. The number of halogens is 2. The first-order valence-corrected chi connectivity index (χ1v) is 10.5. The van der Waals surface area contributed by atoms with E-state index in [-0.39, 0.29) is 22.1 Å². The minimum atomic E-state index is -0.653. The van der Waals surface area contributed by atoms with Crippen LogP contribution in [0.4, 0.5) is 11.4 Å². The highest BCUT2D eigenvalue weighted by Gasteiger charge is 2.34. The lowest BCUT2D eigenvalue weighted by Gasteiger charge is -2.28. The van der Waals surface area contributed by atoms with Gasteiger partial charge in [-0.25, -0.2) is 0 Å². The Labute approximate surface area is 199 Å². The SMILES string of the molecule is O=C1NC(=S)N(c2ccc(Cl)cc2)C(=O)/C1=C\c1ccc(-c2ccc([N+](=O)[O-])cc2Br)o1. The number of nitrogens with one attached hydrogen (secondary N) is 1. The molecule has 1 aliphatic rings. The zero-order valence-corrected chi connectivity index (χ0v) is 19.0. The van der Waals surface area contributed by atoms with Crippen molar-refractivity contribution in [1.29, 1.82) is 0 Å². The summed E-state index contributed by atoms with van der Waals surface area (Å²) in [6.07, 6.45) is 1.31. The number of carbonyl (C=O) groups excluding carboxylic acids is 2. The summed E-state index contributed by atoms with van der Waals surface area (Å²) in [5, 5.41) is 13.9. The minimum absolute atomic E-state index is 0.0468. The Morgan fingerprint density at radius 1 is 1.12 bits per heavy atom. The highest BCUT2D eigenvalue weighted by atomic mass is 79.9. The second kappa shape index (κ2) is 8.65. The summed E-state index contributed by atoms with van der Waals surface area (Å²) in [5.74, 6) is -0.629. The number of hydrogen-bond acceptors (Lipinski definition) is 6. The fraction of sp³-hybridized carbons (Fsp3) is 0. The molecule has 1 fully saturated rings. The lowest BCUT2D eigenvalue weighted by Crippen LogP contribution is -2.54. The second-order valence-electron chi connectivity index (χ2n) is 6.56. The van der Waals surface area contributed by atoms with Crippen LogP contribution in [0.25, 0.3) is 17.4 Å². The number of hydrogen-bond donors (Lipinski definition) is 1. The molecule has 2 amide bonds. The van der Waals surface area contributed by atoms with E-state index >= 15 is 0 Å². The molecule has 2 aromatic carbocycles. The number of benzene rings is 2. The first-order chi connectivity index (χ1) is 15.2. The van der Waals surface area contributed by atoms with Crippen molar-refractivity contribution in [2.75, 3.05) is 4.90 Å². The molecule has 0 spiro atoms. The van der Waals surface area contributed by atoms with Gasteiger partial charge < -0.3 is 4.42 Å². The van der Waals surface area contributed by atoms with Gasteiger partial charge in [0, 0.05) is 27.2 Å². The number of carbonyl (C=O) groups is 2. The lowest BCUT2D eigenvalue weighted by atomic mass is 10.1. The van der Waals surface area contributed by atoms with Crippen LogP contribution in [0.1, 0.15) is 5.76 Å². The molecule has 1 aliphatic heterocycles. The number of thiocarbonyl (C=S) groups is 1. The third-order valence-electron chi connectivity index (χ3n) is 4.53. The third kappa shape index (κ3) is 4.20. The number of non-ortho nitro benzene ring substituents is 1. The average Bonchev–Trinajstić information content (AvgIpc) is 3.20. The molecule has 32 heavy (non-hydrogen) atoms. The van der Waals surface area contributed by atoms with Gasteiger partial charge in [-0.05, 0) is 76.7 Å². The number of anilines is 1. The Kier molecular flexibility index (Phi) is 5.92. The molecule has 0 bridgehead atoms. The van der Waals surface area contributed by atoms with Crippen molar-refractivity contribution in [1.82, 2.24) is 5.32 Å². The van der Waals surface area contributed by atoms with Crippen LogP contribution in [-0.4, -0.2) is 21.9 Å². The van der Waals surface area contributed by atoms with Gasteiger partial charge in [0.25, 0.3) is 17.5 Å². The van der Waals surface area contributed by atoms with Gasteiger partial charge in [-0.15, -0.1) is 0 Å². The molecule has 2 heterocycles. The van der Waals surface area contributed by atoms with E-state index in [1.54, 1.807) is 36.4 Å². The summed E-state index contributed by atoms with van der Waals surface area (Å²) in [7, 11) is 0. The highest BCUT2D eigenvalue weighted by molar-refractivity contribution is 9.10. The van der Waals surface area contributed by atoms with Crippen LogP contribution in [0, 0.1) is 10.1 Å². The van der Waals surface area contributed by atoms with E-state index in [0.717, 1.165) is 0 Å². The van der Waals surface area contributed by atoms with Gasteiger partial charge in [0.05, 0.1) is 10.6 Å². The number of furan rings is 1. The molecule has 3 aromatic rings. The normalized spacial score (nSPS) is 15.2. The molecule has 0 radical (unpaired) electrons. The monoisotopic (exact) mass is 531 g/mol. The smallest absolute Gasteiger partial charge is 0.270 e. The maximum Gasteiger partial charge on any atom is 0.270 e. The van der Waals surface area contributed by atoms with Crippen LogP contribution in [0.3, 0.4) is 0 Å². The fourth-order valence-electron chi connectivity index (χ4n) is 3.02. The molecule has 11 heteroatoms. The molecule has 1 aromatic heterocycles. The lowest BCUT2D eigenvalue weighted by molar-refractivity contribution is -0.384. The van der Waals surface area contributed by atoms with Crippen molar-refractivity contribution in [3.8, 4) is 11.3 Å². The Balaban J connectivity index is 1.66. The van der Waals surface area contributed by atoms with E-state index in [2.05, 4.69) is 21.2 Å². The van der Waals surface area contributed by atoms with E-state index in [0.29, 0.717) is 26.5 Å². The summed E-state index contributed by atoms with van der Waals surface area (Å²) in [5.41, 5.74) is 0.781. The molecule has 0 aliphatic carbocycles. The van der Waals surface area contributed by atoms with Crippen LogP contribution in [-0.2, 0) is 9.59 Å². The van der Waals surface area contributed by atoms with E-state index in [9.17, 15) is 19.7 Å². The summed E-state index contributed by atoms with van der Waals surface area (Å²) >= 11 is 14.4. The summed E-state index contributed by atoms with van der Waals surface area (Å²) in [6.45, 7) is 0. The molecule has 0 unspecified atom stereocenters. The van der Waals surface area contributed by atoms with Gasteiger partial charge in [0.2, 0.25) is 0 Å². The van der Waals surface area contributed by atoms with Crippen LogP contribution in [0.15, 0.2) is 69.1 Å². The van der Waals surface area contributed by atoms with Gasteiger partial charge in [0.1, 0.15) is 17.1 Å². The van der Waals surface area contributed by atoms with Crippen LogP contribution >= 0.6 is 39.7 Å². The summed E-state index contributed by atoms with van der Waals surface area (Å²) in [4.78, 5) is 37.1. The molecule has 4 rings (SSSR count). The zero-order valence-electron chi connectivity index (χ0n) is 15.9. The van der Waals surface area contributed by atoms with Crippen molar-refractivity contribution in [3.63, 3.8) is 0 Å².